The van der Waals surface area contributed by atoms with E-state index in [1.807, 2.05) is 0 Å². The molecule has 0 aliphatic rings. The van der Waals surface area contributed by atoms with Gasteiger partial charge in [-0.15, -0.1) is 0 Å². The third-order valence-electron chi connectivity index (χ3n) is 2.60. The molecule has 6 nitrogen and oxygen atoms in total. The van der Waals surface area contributed by atoms with Crippen LogP contribution >= 0.6 is 23.2 Å². The summed E-state index contributed by atoms with van der Waals surface area (Å²) in [4.78, 5) is 14.3. The zero-order chi connectivity index (χ0) is 15.6. The van der Waals surface area contributed by atoms with Crippen molar-refractivity contribution in [3.05, 3.63) is 56.1 Å². The number of hydrogen-bond donors (Lipinski definition) is 2. The number of benzene rings is 2. The molecule has 3 N–H and O–H groups in total. The predicted molar refractivity (Wildman–Crippen MR) is 82.9 cm³/mol. The Morgan fingerprint density at radius 1 is 1.29 bits per heavy atom. The number of anilines is 1. The van der Waals surface area contributed by atoms with Crippen molar-refractivity contribution in [2.75, 3.05) is 5.73 Å². The summed E-state index contributed by atoms with van der Waals surface area (Å²) in [5.41, 5.74) is 5.88. The summed E-state index contributed by atoms with van der Waals surface area (Å²) in [6.07, 6.45) is 1.24. The van der Waals surface area contributed by atoms with Crippen LogP contribution in [0.15, 0.2) is 35.3 Å². The average Bonchev–Trinajstić information content (AvgIpc) is 2.42. The fourth-order valence-corrected chi connectivity index (χ4v) is 2.13. The number of nitrogens with two attached hydrogens (primary N) is 1. The van der Waals surface area contributed by atoms with E-state index in [2.05, 4.69) is 4.99 Å². The largest absolute Gasteiger partial charge is 0.506 e. The summed E-state index contributed by atoms with van der Waals surface area (Å²) in [6.45, 7) is 0. The van der Waals surface area contributed by atoms with Crippen LogP contribution in [0.3, 0.4) is 0 Å². The fraction of sp³-hybridized carbons (Fsp3) is 0. The van der Waals surface area contributed by atoms with Crippen LogP contribution in [0.5, 0.6) is 5.75 Å². The Bertz CT molecular complexity index is 748. The number of nitro benzene ring substituents is 1. The van der Waals surface area contributed by atoms with Crippen LogP contribution in [0.1, 0.15) is 5.56 Å². The van der Waals surface area contributed by atoms with Gasteiger partial charge in [-0.05, 0) is 24.3 Å². The van der Waals surface area contributed by atoms with E-state index >= 15 is 0 Å². The molecule has 0 saturated heterocycles. The van der Waals surface area contributed by atoms with E-state index in [-0.39, 0.29) is 33.4 Å². The van der Waals surface area contributed by atoms with Crippen LogP contribution in [0, 0.1) is 10.1 Å². The molecular formula is C13H9Cl2N3O3. The Kier molecular flexibility index (Phi) is 4.30. The molecule has 0 bridgehead atoms. The minimum Gasteiger partial charge on any atom is -0.506 e. The smallest absolute Gasteiger partial charge is 0.296 e. The molecule has 0 aliphatic carbocycles. The second-order valence-electron chi connectivity index (χ2n) is 4.09. The Morgan fingerprint density at radius 3 is 2.67 bits per heavy atom. The van der Waals surface area contributed by atoms with Crippen molar-refractivity contribution in [3.63, 3.8) is 0 Å². The number of halogens is 2. The number of nitro groups is 1. The fourth-order valence-electron chi connectivity index (χ4n) is 1.62. The van der Waals surface area contributed by atoms with Crippen molar-refractivity contribution in [2.24, 2.45) is 4.99 Å². The van der Waals surface area contributed by atoms with Gasteiger partial charge >= 0.3 is 0 Å². The van der Waals surface area contributed by atoms with E-state index in [0.29, 0.717) is 5.02 Å². The van der Waals surface area contributed by atoms with Crippen LogP contribution in [0.4, 0.5) is 17.1 Å². The van der Waals surface area contributed by atoms with Crippen LogP contribution in [-0.4, -0.2) is 16.2 Å². The van der Waals surface area contributed by atoms with Crippen molar-refractivity contribution < 1.29 is 10.0 Å². The molecule has 0 atom stereocenters. The lowest BCUT2D eigenvalue weighted by molar-refractivity contribution is -0.384. The van der Waals surface area contributed by atoms with Crippen molar-refractivity contribution in [2.45, 2.75) is 0 Å². The molecule has 21 heavy (non-hydrogen) atoms. The van der Waals surface area contributed by atoms with Crippen molar-refractivity contribution >= 4 is 46.5 Å². The maximum absolute atomic E-state index is 10.9. The zero-order valence-corrected chi connectivity index (χ0v) is 12.0. The normalized spacial score (nSPS) is 11.0. The molecule has 0 unspecified atom stereocenters. The molecule has 2 aromatic rings. The summed E-state index contributed by atoms with van der Waals surface area (Å²) in [5.74, 6) is -0.206. The lowest BCUT2D eigenvalue weighted by Gasteiger charge is -2.03. The van der Waals surface area contributed by atoms with Gasteiger partial charge in [0.15, 0.2) is 0 Å². The highest BCUT2D eigenvalue weighted by Gasteiger charge is 2.13. The van der Waals surface area contributed by atoms with Gasteiger partial charge in [-0.25, -0.2) is 4.99 Å². The van der Waals surface area contributed by atoms with Gasteiger partial charge in [-0.3, -0.25) is 10.1 Å². The maximum atomic E-state index is 10.9. The molecular weight excluding hydrogens is 317 g/mol. The van der Waals surface area contributed by atoms with E-state index in [4.69, 9.17) is 28.9 Å². The van der Waals surface area contributed by atoms with Crippen molar-refractivity contribution in [1.82, 2.24) is 0 Å². The molecule has 0 amide bonds. The Labute approximate surface area is 129 Å². The molecule has 2 aromatic carbocycles. The molecule has 0 fully saturated rings. The highest BCUT2D eigenvalue weighted by molar-refractivity contribution is 6.36. The van der Waals surface area contributed by atoms with E-state index < -0.39 is 4.92 Å². The Hall–Kier alpha value is -2.31. The van der Waals surface area contributed by atoms with Gasteiger partial charge in [0.2, 0.25) is 0 Å². The first-order valence-corrected chi connectivity index (χ1v) is 6.40. The first-order valence-electron chi connectivity index (χ1n) is 5.64. The molecule has 0 spiro atoms. The van der Waals surface area contributed by atoms with Gasteiger partial charge < -0.3 is 10.8 Å². The third kappa shape index (κ3) is 3.42. The number of aromatic hydroxyl groups is 1. The third-order valence-corrected chi connectivity index (χ3v) is 3.10. The van der Waals surface area contributed by atoms with Crippen LogP contribution < -0.4 is 5.73 Å². The number of hydrogen-bond acceptors (Lipinski definition) is 5. The van der Waals surface area contributed by atoms with Gasteiger partial charge in [0.25, 0.3) is 5.69 Å². The molecule has 108 valence electrons. The van der Waals surface area contributed by atoms with Gasteiger partial charge in [-0.2, -0.15) is 0 Å². The predicted octanol–water partition coefficient (Wildman–Crippen LogP) is 3.94. The summed E-state index contributed by atoms with van der Waals surface area (Å²) in [7, 11) is 0. The summed E-state index contributed by atoms with van der Waals surface area (Å²) < 4.78 is 0. The minimum atomic E-state index is -0.589. The number of phenolic OH excluding ortho intramolecular Hbond substituents is 1. The Morgan fingerprint density at radius 2 is 2.00 bits per heavy atom. The monoisotopic (exact) mass is 325 g/mol. The Balaban J connectivity index is 2.45. The van der Waals surface area contributed by atoms with Gasteiger partial charge in [0.05, 0.1) is 9.95 Å². The standard InChI is InChI=1S/C13H9Cl2N3O3/c14-8-3-7(13(19)10(15)4-8)6-17-11-2-1-9(16)5-12(11)18(20)21/h1-6,19H,16H2. The van der Waals surface area contributed by atoms with Gasteiger partial charge in [0.1, 0.15) is 11.4 Å². The zero-order valence-electron chi connectivity index (χ0n) is 10.5. The lowest BCUT2D eigenvalue weighted by atomic mass is 10.2. The second kappa shape index (κ2) is 5.99. The molecule has 0 heterocycles. The number of phenols is 1. The summed E-state index contributed by atoms with van der Waals surface area (Å²) in [6, 6.07) is 6.92. The first-order chi connectivity index (χ1) is 9.88. The minimum absolute atomic E-state index is 0.0655. The van der Waals surface area contributed by atoms with Gasteiger partial charge in [-0.1, -0.05) is 23.2 Å². The number of nitrogen functional groups attached to an aromatic ring is 1. The second-order valence-corrected chi connectivity index (χ2v) is 4.93. The molecule has 0 saturated carbocycles. The molecule has 2 rings (SSSR count). The quantitative estimate of drug-likeness (QED) is 0.386. The SMILES string of the molecule is Nc1ccc(N=Cc2cc(Cl)cc(Cl)c2O)c([N+](=O)[O-])c1. The topological polar surface area (TPSA) is 102 Å². The van der Waals surface area contributed by atoms with Crippen LogP contribution in [-0.2, 0) is 0 Å². The van der Waals surface area contributed by atoms with E-state index in [1.54, 1.807) is 0 Å². The first kappa shape index (κ1) is 15.1. The number of rotatable bonds is 3. The maximum Gasteiger partial charge on any atom is 0.296 e. The van der Waals surface area contributed by atoms with Gasteiger partial charge in [0, 0.05) is 28.6 Å². The molecule has 0 aromatic heterocycles. The van der Waals surface area contributed by atoms with E-state index in [0.717, 1.165) is 0 Å². The molecule has 0 aliphatic heterocycles. The van der Waals surface area contributed by atoms with Crippen molar-refractivity contribution in [3.8, 4) is 5.75 Å². The average molecular weight is 326 g/mol. The van der Waals surface area contributed by atoms with Crippen LogP contribution in [0.2, 0.25) is 10.0 Å². The number of nitrogens with zero attached hydrogens (tertiary/aromatic N) is 2. The highest BCUT2D eigenvalue weighted by Crippen LogP contribution is 2.32. The molecule has 0 radical (unpaired) electrons. The van der Waals surface area contributed by atoms with E-state index in [9.17, 15) is 15.2 Å². The molecule has 8 heteroatoms. The van der Waals surface area contributed by atoms with E-state index in [1.165, 1.54) is 36.5 Å². The van der Waals surface area contributed by atoms with Crippen LogP contribution in [0.25, 0.3) is 0 Å². The number of aliphatic imine (C=N–C) groups is 1. The summed E-state index contributed by atoms with van der Waals surface area (Å²) >= 11 is 11.6. The van der Waals surface area contributed by atoms with Crippen molar-refractivity contribution in [1.29, 1.82) is 0 Å². The highest BCUT2D eigenvalue weighted by atomic mass is 35.5. The lowest BCUT2D eigenvalue weighted by Crippen LogP contribution is -1.92. The summed E-state index contributed by atoms with van der Waals surface area (Å²) in [5, 5.41) is 21.1.